The van der Waals surface area contributed by atoms with E-state index >= 15 is 0 Å². The fraction of sp³-hybridized carbons (Fsp3) is 0.214. The molecule has 4 aromatic rings. The van der Waals surface area contributed by atoms with Crippen LogP contribution in [0.3, 0.4) is 0 Å². The Morgan fingerprint density at radius 3 is 2.64 bits per heavy atom. The highest BCUT2D eigenvalue weighted by Gasteiger charge is 2.10. The summed E-state index contributed by atoms with van der Waals surface area (Å²) in [6.07, 6.45) is 4.15. The van der Waals surface area contributed by atoms with Gasteiger partial charge in [0.25, 0.3) is 0 Å². The lowest BCUT2D eigenvalue weighted by molar-refractivity contribution is 0.383. The fourth-order valence-corrected chi connectivity index (χ4v) is 4.02. The van der Waals surface area contributed by atoms with Gasteiger partial charge in [-0.05, 0) is 86.9 Å². The van der Waals surface area contributed by atoms with Crippen molar-refractivity contribution in [3.05, 3.63) is 84.2 Å². The first-order valence-corrected chi connectivity index (χ1v) is 11.3. The lowest BCUT2D eigenvalue weighted by atomic mass is 10.1. The van der Waals surface area contributed by atoms with Crippen molar-refractivity contribution in [2.24, 2.45) is 0 Å². The number of para-hydroxylation sites is 1. The maximum Gasteiger partial charge on any atom is 0.141 e. The van der Waals surface area contributed by atoms with E-state index in [0.29, 0.717) is 0 Å². The zero-order chi connectivity index (χ0) is 22.5. The molecule has 0 spiro atoms. The summed E-state index contributed by atoms with van der Waals surface area (Å²) >= 11 is 0. The molecule has 1 fully saturated rings. The minimum absolute atomic E-state index is 0.763. The maximum atomic E-state index is 6.00. The van der Waals surface area contributed by atoms with Crippen LogP contribution in [0, 0.1) is 18.8 Å². The molecule has 5 heteroatoms. The second kappa shape index (κ2) is 9.72. The van der Waals surface area contributed by atoms with Gasteiger partial charge in [0.1, 0.15) is 23.6 Å². The molecule has 33 heavy (non-hydrogen) atoms. The smallest absolute Gasteiger partial charge is 0.141 e. The first-order valence-electron chi connectivity index (χ1n) is 11.3. The number of hydrogen-bond acceptors (Lipinski definition) is 5. The molecule has 0 aliphatic carbocycles. The zero-order valence-corrected chi connectivity index (χ0v) is 18.7. The van der Waals surface area contributed by atoms with E-state index < -0.39 is 0 Å². The van der Waals surface area contributed by atoms with Crippen molar-refractivity contribution in [2.45, 2.75) is 19.8 Å². The molecular weight excluding hydrogens is 408 g/mol. The van der Waals surface area contributed by atoms with E-state index in [0.717, 1.165) is 64.7 Å². The van der Waals surface area contributed by atoms with E-state index in [1.54, 1.807) is 6.33 Å². The molecule has 3 aromatic carbocycles. The molecular formula is C28H26N4O. The SMILES string of the molecule is Cc1cc(Nc2ncnc3ccc(C#CCN4CCCC4)cc23)ccc1Oc1ccccc1. The van der Waals surface area contributed by atoms with Gasteiger partial charge in [-0.3, -0.25) is 4.90 Å². The molecule has 1 aliphatic heterocycles. The summed E-state index contributed by atoms with van der Waals surface area (Å²) in [7, 11) is 0. The number of aromatic nitrogens is 2. The van der Waals surface area contributed by atoms with E-state index in [4.69, 9.17) is 4.74 Å². The van der Waals surface area contributed by atoms with Crippen molar-refractivity contribution in [3.63, 3.8) is 0 Å². The largest absolute Gasteiger partial charge is 0.457 e. The average Bonchev–Trinajstić information content (AvgIpc) is 3.35. The van der Waals surface area contributed by atoms with E-state index in [2.05, 4.69) is 44.2 Å². The van der Waals surface area contributed by atoms with Crippen molar-refractivity contribution >= 4 is 22.4 Å². The number of hydrogen-bond donors (Lipinski definition) is 1. The van der Waals surface area contributed by atoms with E-state index in [-0.39, 0.29) is 0 Å². The Bertz CT molecular complexity index is 1320. The standard InChI is InChI=1S/C28H26N4O/c1-21-18-23(12-14-27(21)33-24-9-3-2-4-10-24)31-28-25-19-22(11-13-26(25)29-20-30-28)8-7-17-32-15-5-6-16-32/h2-4,9-14,18-20H,5-6,15-17H2,1H3,(H,29,30,31). The van der Waals surface area contributed by atoms with Gasteiger partial charge in [-0.2, -0.15) is 0 Å². The summed E-state index contributed by atoms with van der Waals surface area (Å²) in [6, 6.07) is 21.9. The Morgan fingerprint density at radius 1 is 0.970 bits per heavy atom. The molecule has 1 saturated heterocycles. The topological polar surface area (TPSA) is 50.3 Å². The lowest BCUT2D eigenvalue weighted by Gasteiger charge is -2.12. The Balaban J connectivity index is 1.36. The molecule has 5 rings (SSSR count). The summed E-state index contributed by atoms with van der Waals surface area (Å²) in [5.74, 6) is 9.03. The Kier molecular flexibility index (Phi) is 6.19. The maximum absolute atomic E-state index is 6.00. The van der Waals surface area contributed by atoms with Crippen molar-refractivity contribution in [1.82, 2.24) is 14.9 Å². The van der Waals surface area contributed by atoms with Crippen LogP contribution < -0.4 is 10.1 Å². The van der Waals surface area contributed by atoms with Gasteiger partial charge in [0.2, 0.25) is 0 Å². The Labute approximate surface area is 194 Å². The number of ether oxygens (including phenoxy) is 1. The highest BCUT2D eigenvalue weighted by molar-refractivity contribution is 5.91. The molecule has 0 radical (unpaired) electrons. The minimum atomic E-state index is 0.763. The molecule has 1 N–H and O–H groups in total. The van der Waals surface area contributed by atoms with E-state index in [1.165, 1.54) is 12.8 Å². The predicted molar refractivity (Wildman–Crippen MR) is 133 cm³/mol. The highest BCUT2D eigenvalue weighted by Crippen LogP contribution is 2.29. The molecule has 1 aliphatic rings. The third kappa shape index (κ3) is 5.14. The summed E-state index contributed by atoms with van der Waals surface area (Å²) in [5.41, 5.74) is 3.84. The number of aryl methyl sites for hydroxylation is 1. The normalized spacial score (nSPS) is 13.5. The predicted octanol–water partition coefficient (Wildman–Crippen LogP) is 5.92. The Hall–Kier alpha value is -3.88. The highest BCUT2D eigenvalue weighted by atomic mass is 16.5. The molecule has 2 heterocycles. The van der Waals surface area contributed by atoms with Gasteiger partial charge in [-0.15, -0.1) is 0 Å². The fourth-order valence-electron chi connectivity index (χ4n) is 4.02. The summed E-state index contributed by atoms with van der Waals surface area (Å²) in [4.78, 5) is 11.3. The van der Waals surface area contributed by atoms with Crippen LogP contribution in [0.15, 0.2) is 73.1 Å². The van der Waals surface area contributed by atoms with Crippen LogP contribution >= 0.6 is 0 Å². The van der Waals surface area contributed by atoms with Gasteiger partial charge in [0, 0.05) is 16.6 Å². The van der Waals surface area contributed by atoms with Crippen LogP contribution in [0.2, 0.25) is 0 Å². The van der Waals surface area contributed by atoms with Crippen molar-refractivity contribution in [1.29, 1.82) is 0 Å². The molecule has 1 aromatic heterocycles. The van der Waals surface area contributed by atoms with E-state index in [9.17, 15) is 0 Å². The van der Waals surface area contributed by atoms with Gasteiger partial charge in [-0.1, -0.05) is 30.0 Å². The first kappa shape index (κ1) is 21.0. The number of anilines is 2. The van der Waals surface area contributed by atoms with Crippen molar-refractivity contribution < 1.29 is 4.74 Å². The monoisotopic (exact) mass is 434 g/mol. The second-order valence-corrected chi connectivity index (χ2v) is 8.26. The third-order valence-electron chi connectivity index (χ3n) is 5.78. The van der Waals surface area contributed by atoms with Gasteiger partial charge in [0.05, 0.1) is 12.1 Å². The number of likely N-dealkylation sites (tertiary alicyclic amines) is 1. The molecule has 0 unspecified atom stereocenters. The molecule has 164 valence electrons. The summed E-state index contributed by atoms with van der Waals surface area (Å²) in [6.45, 7) is 5.17. The van der Waals surface area contributed by atoms with E-state index in [1.807, 2.05) is 61.5 Å². The third-order valence-corrected chi connectivity index (χ3v) is 5.78. The number of benzene rings is 3. The zero-order valence-electron chi connectivity index (χ0n) is 18.7. The number of nitrogens with one attached hydrogen (secondary N) is 1. The number of rotatable bonds is 5. The molecule has 0 amide bonds. The molecule has 0 atom stereocenters. The molecule has 0 saturated carbocycles. The van der Waals surface area contributed by atoms with Crippen molar-refractivity contribution in [2.75, 3.05) is 25.0 Å². The first-order chi connectivity index (χ1) is 16.2. The summed E-state index contributed by atoms with van der Waals surface area (Å²) < 4.78 is 6.00. The van der Waals surface area contributed by atoms with Crippen LogP contribution in [0.1, 0.15) is 24.0 Å². The quantitative estimate of drug-likeness (QED) is 0.395. The van der Waals surface area contributed by atoms with Crippen LogP contribution in [0.4, 0.5) is 11.5 Å². The van der Waals surface area contributed by atoms with Gasteiger partial charge < -0.3 is 10.1 Å². The molecule has 5 nitrogen and oxygen atoms in total. The van der Waals surface area contributed by atoms with Crippen LogP contribution in [-0.2, 0) is 0 Å². The van der Waals surface area contributed by atoms with Gasteiger partial charge in [0.15, 0.2) is 0 Å². The van der Waals surface area contributed by atoms with Crippen LogP contribution in [-0.4, -0.2) is 34.5 Å². The summed E-state index contributed by atoms with van der Waals surface area (Å²) in [5, 5.41) is 4.40. The number of fused-ring (bicyclic) bond motifs is 1. The van der Waals surface area contributed by atoms with Gasteiger partial charge in [-0.25, -0.2) is 9.97 Å². The van der Waals surface area contributed by atoms with Gasteiger partial charge >= 0.3 is 0 Å². The average molecular weight is 435 g/mol. The second-order valence-electron chi connectivity index (χ2n) is 8.26. The van der Waals surface area contributed by atoms with Crippen LogP contribution in [0.5, 0.6) is 11.5 Å². The van der Waals surface area contributed by atoms with Crippen LogP contribution in [0.25, 0.3) is 10.9 Å². The molecule has 0 bridgehead atoms. The lowest BCUT2D eigenvalue weighted by Crippen LogP contribution is -2.18. The number of nitrogens with zero attached hydrogens (tertiary/aromatic N) is 3. The minimum Gasteiger partial charge on any atom is -0.457 e. The van der Waals surface area contributed by atoms with Crippen molar-refractivity contribution in [3.8, 4) is 23.3 Å². The Morgan fingerprint density at radius 2 is 1.82 bits per heavy atom.